The van der Waals surface area contributed by atoms with E-state index in [0.717, 1.165) is 59.8 Å². The number of para-hydroxylation sites is 1. The second kappa shape index (κ2) is 8.93. The van der Waals surface area contributed by atoms with E-state index in [1.54, 1.807) is 0 Å². The Labute approximate surface area is 210 Å². The molecule has 0 unspecified atom stereocenters. The summed E-state index contributed by atoms with van der Waals surface area (Å²) >= 11 is 0. The smallest absolute Gasteiger partial charge is 0.323 e. The molecule has 4 aliphatic rings. The third-order valence-electron chi connectivity index (χ3n) is 7.90. The lowest BCUT2D eigenvalue weighted by Crippen LogP contribution is -2.59. The minimum atomic E-state index is -1.89. The number of benzene rings is 1. The Balaban J connectivity index is 1.40. The van der Waals surface area contributed by atoms with E-state index in [9.17, 15) is 9.90 Å². The van der Waals surface area contributed by atoms with Gasteiger partial charge < -0.3 is 33.8 Å². The molecule has 1 aromatic carbocycles. The second-order valence-corrected chi connectivity index (χ2v) is 10.5. The Kier molecular flexibility index (Phi) is 5.98. The quantitative estimate of drug-likeness (QED) is 0.426. The molecule has 3 aliphatic heterocycles. The number of H-pyrrole nitrogens is 1. The number of carbonyl (C=O) groups is 1. The lowest BCUT2D eigenvalue weighted by molar-refractivity contribution is -0.326. The molecule has 1 aliphatic carbocycles. The molecule has 1 aromatic heterocycles. The molecular weight excluding hydrogens is 464 g/mol. The van der Waals surface area contributed by atoms with E-state index in [0.29, 0.717) is 6.42 Å². The Morgan fingerprint density at radius 3 is 2.72 bits per heavy atom. The van der Waals surface area contributed by atoms with Gasteiger partial charge in [-0.2, -0.15) is 0 Å². The van der Waals surface area contributed by atoms with E-state index >= 15 is 0 Å². The van der Waals surface area contributed by atoms with Crippen molar-refractivity contribution in [1.29, 1.82) is 0 Å². The van der Waals surface area contributed by atoms with E-state index < -0.39 is 48.1 Å². The van der Waals surface area contributed by atoms with Gasteiger partial charge in [0.25, 0.3) is 0 Å². The molecule has 1 saturated carbocycles. The van der Waals surface area contributed by atoms with Crippen molar-refractivity contribution >= 4 is 16.9 Å². The average Bonchev–Trinajstić information content (AvgIpc) is 3.48. The SMILES string of the molecule is C=C(C)CO[C@@H]1[C@H]2OC3(CCCCC3)O[C@H]2O[C@]1(O)[C@@H]1N[C@H](C(=O)OC)Cc2c1[nH]c1ccccc21. The van der Waals surface area contributed by atoms with Crippen LogP contribution in [0.1, 0.15) is 56.3 Å². The molecule has 3 N–H and O–H groups in total. The molecule has 2 saturated heterocycles. The fraction of sp³-hybridized carbons (Fsp3) is 0.593. The summed E-state index contributed by atoms with van der Waals surface area (Å²) in [5, 5.41) is 16.5. The first-order valence-corrected chi connectivity index (χ1v) is 12.8. The van der Waals surface area contributed by atoms with Crippen LogP contribution in [0.3, 0.4) is 0 Å². The predicted molar refractivity (Wildman–Crippen MR) is 130 cm³/mol. The van der Waals surface area contributed by atoms with Crippen molar-refractivity contribution < 1.29 is 33.6 Å². The summed E-state index contributed by atoms with van der Waals surface area (Å²) in [6.07, 6.45) is 2.87. The highest BCUT2D eigenvalue weighted by atomic mass is 16.9. The van der Waals surface area contributed by atoms with Crippen LogP contribution in [0.25, 0.3) is 10.9 Å². The number of aromatic nitrogens is 1. The molecule has 0 radical (unpaired) electrons. The normalized spacial score (nSPS) is 35.0. The van der Waals surface area contributed by atoms with Gasteiger partial charge in [-0.1, -0.05) is 36.8 Å². The van der Waals surface area contributed by atoms with E-state index in [-0.39, 0.29) is 6.61 Å². The van der Waals surface area contributed by atoms with Crippen molar-refractivity contribution in [3.8, 4) is 0 Å². The first kappa shape index (κ1) is 24.1. The Bertz CT molecular complexity index is 1170. The molecule has 9 nitrogen and oxygen atoms in total. The van der Waals surface area contributed by atoms with Crippen LogP contribution in [0.15, 0.2) is 36.4 Å². The number of aromatic amines is 1. The Morgan fingerprint density at radius 1 is 1.19 bits per heavy atom. The number of ether oxygens (including phenoxy) is 5. The third-order valence-corrected chi connectivity index (χ3v) is 7.90. The van der Waals surface area contributed by atoms with Crippen molar-refractivity contribution in [2.75, 3.05) is 13.7 Å². The summed E-state index contributed by atoms with van der Waals surface area (Å²) in [6.45, 7) is 6.04. The zero-order valence-corrected chi connectivity index (χ0v) is 20.7. The Morgan fingerprint density at radius 2 is 1.97 bits per heavy atom. The summed E-state index contributed by atoms with van der Waals surface area (Å²) < 4.78 is 30.5. The number of fused-ring (bicyclic) bond motifs is 4. The number of nitrogens with one attached hydrogen (secondary N) is 2. The van der Waals surface area contributed by atoms with Crippen LogP contribution in [-0.2, 0) is 34.9 Å². The van der Waals surface area contributed by atoms with Crippen LogP contribution in [0.2, 0.25) is 0 Å². The minimum absolute atomic E-state index is 0.225. The molecule has 0 amide bonds. The molecule has 6 atom stereocenters. The van der Waals surface area contributed by atoms with Crippen molar-refractivity contribution in [2.24, 2.45) is 0 Å². The first-order valence-electron chi connectivity index (χ1n) is 12.8. The van der Waals surface area contributed by atoms with Crippen LogP contribution in [-0.4, -0.2) is 65.9 Å². The van der Waals surface area contributed by atoms with Crippen molar-refractivity contribution in [3.63, 3.8) is 0 Å². The van der Waals surface area contributed by atoms with Crippen molar-refractivity contribution in [1.82, 2.24) is 10.3 Å². The van der Waals surface area contributed by atoms with Gasteiger partial charge in [-0.15, -0.1) is 0 Å². The maximum absolute atomic E-state index is 12.7. The Hall–Kier alpha value is -2.27. The van der Waals surface area contributed by atoms with E-state index in [1.165, 1.54) is 7.11 Å². The molecule has 1 spiro atoms. The zero-order valence-electron chi connectivity index (χ0n) is 20.7. The lowest BCUT2D eigenvalue weighted by Gasteiger charge is -2.42. The molecule has 4 heterocycles. The highest BCUT2D eigenvalue weighted by molar-refractivity contribution is 5.87. The summed E-state index contributed by atoms with van der Waals surface area (Å²) in [5.74, 6) is -3.00. The van der Waals surface area contributed by atoms with Gasteiger partial charge in [0.15, 0.2) is 12.1 Å². The maximum Gasteiger partial charge on any atom is 0.323 e. The number of methoxy groups -OCH3 is 1. The van der Waals surface area contributed by atoms with E-state index in [4.69, 9.17) is 23.7 Å². The number of aliphatic hydroxyl groups is 1. The monoisotopic (exact) mass is 498 g/mol. The largest absolute Gasteiger partial charge is 0.468 e. The van der Waals surface area contributed by atoms with E-state index in [1.807, 2.05) is 31.2 Å². The highest BCUT2D eigenvalue weighted by Crippen LogP contribution is 2.52. The first-order chi connectivity index (χ1) is 17.3. The van der Waals surface area contributed by atoms with Gasteiger partial charge in [-0.05, 0) is 31.4 Å². The maximum atomic E-state index is 12.7. The van der Waals surface area contributed by atoms with Gasteiger partial charge in [-0.25, -0.2) is 0 Å². The molecular formula is C27H34N2O7. The second-order valence-electron chi connectivity index (χ2n) is 10.5. The van der Waals surface area contributed by atoms with Gasteiger partial charge in [0.2, 0.25) is 5.79 Å². The van der Waals surface area contributed by atoms with Crippen LogP contribution < -0.4 is 5.32 Å². The lowest BCUT2D eigenvalue weighted by atomic mass is 9.87. The summed E-state index contributed by atoms with van der Waals surface area (Å²) in [5.41, 5.74) is 3.40. The van der Waals surface area contributed by atoms with Gasteiger partial charge in [-0.3, -0.25) is 10.1 Å². The average molecular weight is 499 g/mol. The third kappa shape index (κ3) is 3.81. The molecule has 194 valence electrons. The van der Waals surface area contributed by atoms with Gasteiger partial charge >= 0.3 is 5.97 Å². The van der Waals surface area contributed by atoms with Crippen LogP contribution >= 0.6 is 0 Å². The number of hydrogen-bond donors (Lipinski definition) is 3. The standard InChI is InChI=1S/C27H34N2O7/c1-15(2)14-33-23-21-25(35-26(34-21)11-7-4-8-12-26)36-27(23,31)22-20-17(13-19(29-22)24(30)32-3)16-9-5-6-10-18(16)28-20/h5-6,9-10,19,21-23,25,28-29,31H,1,4,7-8,11-14H2,2-3H3/t19-,21+,22+,23+,25-,27+/m0/s1. The van der Waals surface area contributed by atoms with Gasteiger partial charge in [0.1, 0.15) is 24.3 Å². The number of hydrogen-bond acceptors (Lipinski definition) is 8. The highest BCUT2D eigenvalue weighted by Gasteiger charge is 2.67. The zero-order chi connectivity index (χ0) is 25.1. The molecule has 6 rings (SSSR count). The predicted octanol–water partition coefficient (Wildman–Crippen LogP) is 2.98. The number of carbonyl (C=O) groups excluding carboxylic acids is 1. The molecule has 0 bridgehead atoms. The van der Waals surface area contributed by atoms with Gasteiger partial charge in [0.05, 0.1) is 13.7 Å². The van der Waals surface area contributed by atoms with Crippen LogP contribution in [0.5, 0.6) is 0 Å². The molecule has 2 aromatic rings. The van der Waals surface area contributed by atoms with Crippen molar-refractivity contribution in [2.45, 2.75) is 87.6 Å². The fourth-order valence-corrected chi connectivity index (χ4v) is 6.25. The van der Waals surface area contributed by atoms with Gasteiger partial charge in [0, 0.05) is 35.9 Å². The van der Waals surface area contributed by atoms with E-state index in [2.05, 4.69) is 16.9 Å². The summed E-state index contributed by atoms with van der Waals surface area (Å²) in [6, 6.07) is 6.38. The molecule has 3 fully saturated rings. The minimum Gasteiger partial charge on any atom is -0.468 e. The van der Waals surface area contributed by atoms with Crippen molar-refractivity contribution in [3.05, 3.63) is 47.7 Å². The summed E-state index contributed by atoms with van der Waals surface area (Å²) in [7, 11) is 1.36. The topological polar surface area (TPSA) is 111 Å². The molecule has 9 heteroatoms. The summed E-state index contributed by atoms with van der Waals surface area (Å²) in [4.78, 5) is 16.1. The van der Waals surface area contributed by atoms with Crippen LogP contribution in [0.4, 0.5) is 0 Å². The molecule has 36 heavy (non-hydrogen) atoms. The fourth-order valence-electron chi connectivity index (χ4n) is 6.25. The number of esters is 1. The van der Waals surface area contributed by atoms with Crippen LogP contribution in [0, 0.1) is 0 Å². The number of rotatable bonds is 5.